The molecule has 7 heteroatoms. The van der Waals surface area contributed by atoms with E-state index in [9.17, 15) is 0 Å². The van der Waals surface area contributed by atoms with Gasteiger partial charge >= 0.3 is 0 Å². The van der Waals surface area contributed by atoms with Crippen molar-refractivity contribution in [3.8, 4) is 11.3 Å². The Labute approximate surface area is 103 Å². The second kappa shape index (κ2) is 4.19. The molecule has 2 aromatic heterocycles. The lowest BCUT2D eigenvalue weighted by Crippen LogP contribution is -2.09. The number of rotatable bonds is 3. The predicted molar refractivity (Wildman–Crippen MR) is 63.9 cm³/mol. The average Bonchev–Trinajstić information content (AvgIpc) is 2.94. The maximum absolute atomic E-state index is 8.31. The summed E-state index contributed by atoms with van der Waals surface area (Å²) in [5.74, 6) is 0.922. The van der Waals surface area contributed by atoms with Crippen LogP contribution >= 0.6 is 0 Å². The van der Waals surface area contributed by atoms with Crippen LogP contribution in [0, 0.1) is 6.92 Å². The number of aryl methyl sites for hydroxylation is 3. The van der Waals surface area contributed by atoms with Gasteiger partial charge < -0.3 is 4.52 Å². The monoisotopic (exact) mass is 244 g/mol. The third kappa shape index (κ3) is 1.56. The minimum Gasteiger partial charge on any atom is -0.360 e. The van der Waals surface area contributed by atoms with Crippen LogP contribution in [0.5, 0.6) is 0 Å². The Morgan fingerprint density at radius 2 is 2.44 bits per heavy atom. The molecule has 2 heterocycles. The molecule has 0 unspecified atom stereocenters. The number of nitrogens with zero attached hydrogens (tertiary/aromatic N) is 6. The van der Waals surface area contributed by atoms with Gasteiger partial charge in [0.25, 0.3) is 0 Å². The molecule has 0 atom stereocenters. The fourth-order valence-electron chi connectivity index (χ4n) is 2.39. The third-order valence-corrected chi connectivity index (χ3v) is 3.18. The van der Waals surface area contributed by atoms with Crippen LogP contribution in [-0.2, 0) is 19.4 Å². The second-order valence-corrected chi connectivity index (χ2v) is 4.26. The first kappa shape index (κ1) is 10.9. The van der Waals surface area contributed by atoms with Crippen molar-refractivity contribution in [2.75, 3.05) is 6.54 Å². The SMILES string of the molecule is Cc1noc2c1-c1c(cnn1CCN=[N+]=[N-])CC2. The van der Waals surface area contributed by atoms with Crippen molar-refractivity contribution >= 4 is 0 Å². The van der Waals surface area contributed by atoms with Crippen LogP contribution in [0.1, 0.15) is 17.0 Å². The zero-order chi connectivity index (χ0) is 12.5. The Kier molecular flexibility index (Phi) is 2.53. The van der Waals surface area contributed by atoms with Gasteiger partial charge in [0.05, 0.1) is 23.1 Å². The highest BCUT2D eigenvalue weighted by Crippen LogP contribution is 2.35. The molecular formula is C11H12N6O. The summed E-state index contributed by atoms with van der Waals surface area (Å²) in [6, 6.07) is 0. The Balaban J connectivity index is 2.04. The fraction of sp³-hybridized carbons (Fsp3) is 0.455. The van der Waals surface area contributed by atoms with Crippen LogP contribution in [0.25, 0.3) is 21.7 Å². The standard InChI is InChI=1S/C11H12N6O/c1-7-10-9(18-15-7)3-2-8-6-14-17(11(8)10)5-4-13-16-12/h6H,2-5H2,1H3. The molecule has 0 spiro atoms. The van der Waals surface area contributed by atoms with E-state index in [1.54, 1.807) is 0 Å². The molecule has 0 aliphatic heterocycles. The molecule has 0 N–H and O–H groups in total. The molecule has 3 rings (SSSR count). The highest BCUT2D eigenvalue weighted by molar-refractivity contribution is 5.69. The lowest BCUT2D eigenvalue weighted by Gasteiger charge is -2.13. The molecule has 0 fully saturated rings. The zero-order valence-corrected chi connectivity index (χ0v) is 10.00. The van der Waals surface area contributed by atoms with E-state index in [2.05, 4.69) is 20.3 Å². The van der Waals surface area contributed by atoms with Gasteiger partial charge in [0.1, 0.15) is 5.76 Å². The van der Waals surface area contributed by atoms with Crippen LogP contribution in [0.4, 0.5) is 0 Å². The van der Waals surface area contributed by atoms with Crippen molar-refractivity contribution in [2.24, 2.45) is 5.11 Å². The molecule has 0 radical (unpaired) electrons. The van der Waals surface area contributed by atoms with Gasteiger partial charge in [-0.05, 0) is 24.4 Å². The maximum atomic E-state index is 8.31. The summed E-state index contributed by atoms with van der Waals surface area (Å²) in [4.78, 5) is 2.75. The van der Waals surface area contributed by atoms with Crippen molar-refractivity contribution in [2.45, 2.75) is 26.3 Å². The van der Waals surface area contributed by atoms with E-state index in [-0.39, 0.29) is 0 Å². The number of hydrogen-bond donors (Lipinski definition) is 0. The van der Waals surface area contributed by atoms with Crippen LogP contribution in [0.2, 0.25) is 0 Å². The van der Waals surface area contributed by atoms with Crippen LogP contribution < -0.4 is 0 Å². The van der Waals surface area contributed by atoms with Gasteiger partial charge in [-0.15, -0.1) is 0 Å². The van der Waals surface area contributed by atoms with Gasteiger partial charge in [-0.1, -0.05) is 10.3 Å². The maximum Gasteiger partial charge on any atom is 0.146 e. The minimum absolute atomic E-state index is 0.393. The van der Waals surface area contributed by atoms with Gasteiger partial charge in [-0.3, -0.25) is 4.68 Å². The molecule has 0 bridgehead atoms. The Bertz CT molecular complexity index is 634. The third-order valence-electron chi connectivity index (χ3n) is 3.18. The number of fused-ring (bicyclic) bond motifs is 3. The minimum atomic E-state index is 0.393. The van der Waals surface area contributed by atoms with Gasteiger partial charge in [0, 0.05) is 24.4 Å². The van der Waals surface area contributed by atoms with Crippen LogP contribution in [0.3, 0.4) is 0 Å². The highest BCUT2D eigenvalue weighted by Gasteiger charge is 2.26. The molecule has 92 valence electrons. The summed E-state index contributed by atoms with van der Waals surface area (Å²) >= 11 is 0. The van der Waals surface area contributed by atoms with Crippen molar-refractivity contribution < 1.29 is 4.52 Å². The van der Waals surface area contributed by atoms with E-state index in [1.165, 1.54) is 5.56 Å². The molecule has 0 saturated heterocycles. The van der Waals surface area contributed by atoms with E-state index in [4.69, 9.17) is 10.1 Å². The van der Waals surface area contributed by atoms with E-state index < -0.39 is 0 Å². The second-order valence-electron chi connectivity index (χ2n) is 4.26. The predicted octanol–water partition coefficient (Wildman–Crippen LogP) is 2.26. The number of azide groups is 1. The molecule has 7 nitrogen and oxygen atoms in total. The summed E-state index contributed by atoms with van der Waals surface area (Å²) in [5, 5.41) is 11.9. The Morgan fingerprint density at radius 1 is 1.56 bits per heavy atom. The van der Waals surface area contributed by atoms with Crippen LogP contribution in [0.15, 0.2) is 15.8 Å². The van der Waals surface area contributed by atoms with E-state index in [1.807, 2.05) is 17.8 Å². The molecule has 0 amide bonds. The van der Waals surface area contributed by atoms with Crippen molar-refractivity contribution in [1.29, 1.82) is 0 Å². The Hall–Kier alpha value is -2.27. The molecular weight excluding hydrogens is 232 g/mol. The van der Waals surface area contributed by atoms with E-state index in [0.29, 0.717) is 13.1 Å². The summed E-state index contributed by atoms with van der Waals surface area (Å²) in [5.41, 5.74) is 12.5. The first-order chi connectivity index (χ1) is 8.81. The Morgan fingerprint density at radius 3 is 3.28 bits per heavy atom. The van der Waals surface area contributed by atoms with Crippen molar-refractivity contribution in [3.63, 3.8) is 0 Å². The fourth-order valence-corrected chi connectivity index (χ4v) is 2.39. The molecule has 2 aromatic rings. The number of hydrogen-bond acceptors (Lipinski definition) is 4. The molecule has 1 aliphatic rings. The quantitative estimate of drug-likeness (QED) is 0.471. The average molecular weight is 244 g/mol. The molecule has 1 aliphatic carbocycles. The molecule has 0 aromatic carbocycles. The number of aromatic nitrogens is 3. The first-order valence-corrected chi connectivity index (χ1v) is 5.82. The summed E-state index contributed by atoms with van der Waals surface area (Å²) < 4.78 is 7.19. The van der Waals surface area contributed by atoms with E-state index >= 15 is 0 Å². The summed E-state index contributed by atoms with van der Waals surface area (Å²) in [6.45, 7) is 2.90. The first-order valence-electron chi connectivity index (χ1n) is 5.82. The van der Waals surface area contributed by atoms with E-state index in [0.717, 1.165) is 35.6 Å². The summed E-state index contributed by atoms with van der Waals surface area (Å²) in [7, 11) is 0. The van der Waals surface area contributed by atoms with Gasteiger partial charge in [-0.25, -0.2) is 0 Å². The van der Waals surface area contributed by atoms with Gasteiger partial charge in [0.2, 0.25) is 0 Å². The normalized spacial score (nSPS) is 12.7. The zero-order valence-electron chi connectivity index (χ0n) is 10.00. The van der Waals surface area contributed by atoms with Crippen LogP contribution in [-0.4, -0.2) is 21.5 Å². The smallest absolute Gasteiger partial charge is 0.146 e. The van der Waals surface area contributed by atoms with Gasteiger partial charge in [-0.2, -0.15) is 5.10 Å². The molecule has 0 saturated carbocycles. The summed E-state index contributed by atoms with van der Waals surface area (Å²) in [6.07, 6.45) is 3.66. The van der Waals surface area contributed by atoms with Crippen molar-refractivity contribution in [3.05, 3.63) is 33.7 Å². The lowest BCUT2D eigenvalue weighted by atomic mass is 9.95. The molecule has 18 heavy (non-hydrogen) atoms. The lowest BCUT2D eigenvalue weighted by molar-refractivity contribution is 0.379. The topological polar surface area (TPSA) is 92.6 Å². The van der Waals surface area contributed by atoms with Gasteiger partial charge in [0.15, 0.2) is 0 Å². The largest absolute Gasteiger partial charge is 0.360 e. The van der Waals surface area contributed by atoms with Crippen molar-refractivity contribution in [1.82, 2.24) is 14.9 Å². The highest BCUT2D eigenvalue weighted by atomic mass is 16.5.